The van der Waals surface area contributed by atoms with E-state index in [1.54, 1.807) is 0 Å². The summed E-state index contributed by atoms with van der Waals surface area (Å²) in [5, 5.41) is 0. The summed E-state index contributed by atoms with van der Waals surface area (Å²) in [5.41, 5.74) is 7.28. The second-order valence-corrected chi connectivity index (χ2v) is 2.30. The van der Waals surface area contributed by atoms with Crippen molar-refractivity contribution in [3.8, 4) is 0 Å². The molecular weight excluding hydrogens is 313 g/mol. The summed E-state index contributed by atoms with van der Waals surface area (Å²) in [6.45, 7) is 3.83. The summed E-state index contributed by atoms with van der Waals surface area (Å²) >= 11 is 0. The third kappa shape index (κ3) is 4.39. The second-order valence-electron chi connectivity index (χ2n) is 2.30. The minimum Gasteiger partial charge on any atom is -0.677 e. The first-order valence-electron chi connectivity index (χ1n) is 2.85. The van der Waals surface area contributed by atoms with Crippen LogP contribution < -0.4 is 0 Å². The maximum atomic E-state index is 7.28. The Morgan fingerprint density at radius 2 is 1.70 bits per heavy atom. The fourth-order valence-corrected chi connectivity index (χ4v) is 1.04. The van der Waals surface area contributed by atoms with E-state index in [2.05, 4.69) is 6.92 Å². The van der Waals surface area contributed by atoms with Crippen molar-refractivity contribution in [3.05, 3.63) is 12.7 Å². The Morgan fingerprint density at radius 3 is 1.80 bits per heavy atom. The Morgan fingerprint density at radius 1 is 1.20 bits per heavy atom. The SMILES string of the molecule is O.O.[CH2-]C1CCCC1[NH-].[Pt+2]. The van der Waals surface area contributed by atoms with Crippen molar-refractivity contribution in [2.75, 3.05) is 0 Å². The molecule has 1 aliphatic rings. The molecule has 0 bridgehead atoms. The molecule has 1 aliphatic carbocycles. The van der Waals surface area contributed by atoms with E-state index in [0.29, 0.717) is 5.92 Å². The van der Waals surface area contributed by atoms with Crippen LogP contribution in [0.1, 0.15) is 19.3 Å². The Hall–Kier alpha value is 0.568. The van der Waals surface area contributed by atoms with Crippen LogP contribution in [0.4, 0.5) is 0 Å². The van der Waals surface area contributed by atoms with Gasteiger partial charge in [0.05, 0.1) is 0 Å². The van der Waals surface area contributed by atoms with Crippen molar-refractivity contribution < 1.29 is 32.0 Å². The summed E-state index contributed by atoms with van der Waals surface area (Å²) < 4.78 is 0. The molecular formula is C6H15NO2Pt. The fraction of sp³-hybridized carbons (Fsp3) is 0.833. The molecule has 5 N–H and O–H groups in total. The van der Waals surface area contributed by atoms with Crippen molar-refractivity contribution in [2.24, 2.45) is 5.92 Å². The molecule has 0 aliphatic heterocycles. The standard InChI is InChI=1S/C6H11N.2H2O.Pt/c1-5-3-2-4-6(5)7;;;/h5-7H,1-4H2;2*1H2;/q-2;;;+2. The molecule has 0 heterocycles. The van der Waals surface area contributed by atoms with Gasteiger partial charge in [0, 0.05) is 0 Å². The quantitative estimate of drug-likeness (QED) is 0.576. The Kier molecular flexibility index (Phi) is 13.0. The summed E-state index contributed by atoms with van der Waals surface area (Å²) in [5.74, 6) is 0.431. The van der Waals surface area contributed by atoms with E-state index in [4.69, 9.17) is 5.73 Å². The maximum absolute atomic E-state index is 7.28. The summed E-state index contributed by atoms with van der Waals surface area (Å²) in [6.07, 6.45) is 3.48. The van der Waals surface area contributed by atoms with Crippen LogP contribution in [0, 0.1) is 12.8 Å². The normalized spacial score (nSPS) is 29.4. The molecule has 0 amide bonds. The Balaban J connectivity index is -0.000000163. The molecule has 3 nitrogen and oxygen atoms in total. The van der Waals surface area contributed by atoms with Crippen molar-refractivity contribution in [1.29, 1.82) is 0 Å². The van der Waals surface area contributed by atoms with Crippen molar-refractivity contribution in [1.82, 2.24) is 0 Å². The van der Waals surface area contributed by atoms with Gasteiger partial charge in [-0.1, -0.05) is 19.3 Å². The summed E-state index contributed by atoms with van der Waals surface area (Å²) in [6, 6.07) is 0.153. The Labute approximate surface area is 76.2 Å². The molecule has 1 saturated carbocycles. The minimum absolute atomic E-state index is 0. The van der Waals surface area contributed by atoms with Gasteiger partial charge in [-0.25, -0.2) is 0 Å². The number of rotatable bonds is 0. The van der Waals surface area contributed by atoms with Crippen molar-refractivity contribution in [2.45, 2.75) is 25.3 Å². The first-order chi connectivity index (χ1) is 3.30. The van der Waals surface area contributed by atoms with Crippen LogP contribution >= 0.6 is 0 Å². The molecule has 0 spiro atoms. The number of nitrogens with one attached hydrogen (secondary N) is 1. The fourth-order valence-electron chi connectivity index (χ4n) is 1.04. The van der Waals surface area contributed by atoms with Crippen molar-refractivity contribution in [3.63, 3.8) is 0 Å². The summed E-state index contributed by atoms with van der Waals surface area (Å²) in [7, 11) is 0. The summed E-state index contributed by atoms with van der Waals surface area (Å²) in [4.78, 5) is 0. The van der Waals surface area contributed by atoms with Crippen LogP contribution in [0.2, 0.25) is 0 Å². The van der Waals surface area contributed by atoms with Gasteiger partial charge in [-0.15, -0.1) is 0 Å². The first kappa shape index (κ1) is 16.9. The third-order valence-corrected chi connectivity index (χ3v) is 1.66. The van der Waals surface area contributed by atoms with E-state index >= 15 is 0 Å². The molecule has 66 valence electrons. The zero-order valence-electron chi connectivity index (χ0n) is 5.80. The maximum Gasteiger partial charge on any atom is 2.00 e. The van der Waals surface area contributed by atoms with Gasteiger partial charge >= 0.3 is 21.1 Å². The predicted octanol–water partition coefficient (Wildman–Crippen LogP) is 0.389. The van der Waals surface area contributed by atoms with Gasteiger partial charge in [-0.3, -0.25) is 0 Å². The molecule has 4 heteroatoms. The largest absolute Gasteiger partial charge is 2.00 e. The van der Waals surface area contributed by atoms with Crippen LogP contribution in [-0.4, -0.2) is 17.0 Å². The van der Waals surface area contributed by atoms with Crippen molar-refractivity contribution >= 4 is 0 Å². The van der Waals surface area contributed by atoms with Gasteiger partial charge < -0.3 is 23.6 Å². The van der Waals surface area contributed by atoms with Crippen LogP contribution in [0.25, 0.3) is 5.73 Å². The zero-order chi connectivity index (χ0) is 5.28. The molecule has 0 aromatic rings. The van der Waals surface area contributed by atoms with Gasteiger partial charge in [0.15, 0.2) is 0 Å². The Bertz CT molecular complexity index is 64.8. The third-order valence-electron chi connectivity index (χ3n) is 1.66. The van der Waals surface area contributed by atoms with E-state index in [1.807, 2.05) is 0 Å². The molecule has 1 fully saturated rings. The molecule has 10 heavy (non-hydrogen) atoms. The van der Waals surface area contributed by atoms with Gasteiger partial charge in [0.1, 0.15) is 0 Å². The van der Waals surface area contributed by atoms with E-state index in [9.17, 15) is 0 Å². The molecule has 2 unspecified atom stereocenters. The van der Waals surface area contributed by atoms with Gasteiger partial charge in [0.2, 0.25) is 0 Å². The topological polar surface area (TPSA) is 86.8 Å². The van der Waals surface area contributed by atoms with Crippen LogP contribution in [0.3, 0.4) is 0 Å². The minimum atomic E-state index is 0. The van der Waals surface area contributed by atoms with E-state index < -0.39 is 0 Å². The van der Waals surface area contributed by atoms with Gasteiger partial charge in [-0.2, -0.15) is 12.0 Å². The van der Waals surface area contributed by atoms with Gasteiger partial charge in [0.25, 0.3) is 0 Å². The van der Waals surface area contributed by atoms with Crippen LogP contribution in [0.5, 0.6) is 0 Å². The molecule has 0 aromatic heterocycles. The molecule has 0 aromatic carbocycles. The van der Waals surface area contributed by atoms with Crippen LogP contribution in [0.15, 0.2) is 0 Å². The monoisotopic (exact) mass is 328 g/mol. The number of hydrogen-bond donors (Lipinski definition) is 0. The average molecular weight is 328 g/mol. The molecule has 1 rings (SSSR count). The van der Waals surface area contributed by atoms with Crippen LogP contribution in [-0.2, 0) is 21.1 Å². The first-order valence-corrected chi connectivity index (χ1v) is 2.85. The molecule has 2 atom stereocenters. The molecule has 0 saturated heterocycles. The van der Waals surface area contributed by atoms with E-state index in [-0.39, 0.29) is 38.1 Å². The smallest absolute Gasteiger partial charge is 0.677 e. The predicted molar refractivity (Wildman–Crippen MR) is 38.0 cm³/mol. The number of hydrogen-bond acceptors (Lipinski definition) is 0. The van der Waals surface area contributed by atoms with E-state index in [0.717, 1.165) is 6.42 Å². The van der Waals surface area contributed by atoms with Gasteiger partial charge in [-0.05, 0) is 0 Å². The average Bonchev–Trinajstić information content (AvgIpc) is 1.91. The zero-order valence-corrected chi connectivity index (χ0v) is 8.07. The van der Waals surface area contributed by atoms with E-state index in [1.165, 1.54) is 12.8 Å². The second kappa shape index (κ2) is 7.67. The molecule has 0 radical (unpaired) electrons.